The number of amides is 2. The van der Waals surface area contributed by atoms with E-state index in [-0.39, 0.29) is 5.91 Å². The number of furan rings is 1. The number of nitrogens with one attached hydrogen (secondary N) is 3. The lowest BCUT2D eigenvalue weighted by Gasteiger charge is -2.36. The second-order valence-corrected chi connectivity index (χ2v) is 11.1. The van der Waals surface area contributed by atoms with Crippen LogP contribution >= 0.6 is 11.3 Å². The van der Waals surface area contributed by atoms with Gasteiger partial charge in [0.1, 0.15) is 5.65 Å². The Morgan fingerprint density at radius 1 is 1.08 bits per heavy atom. The summed E-state index contributed by atoms with van der Waals surface area (Å²) in [6, 6.07) is 16.3. The quantitative estimate of drug-likeness (QED) is 0.182. The highest BCUT2D eigenvalue weighted by molar-refractivity contribution is 7.14. The first kappa shape index (κ1) is 25.3. The lowest BCUT2D eigenvalue weighted by atomic mass is 9.75. The first-order chi connectivity index (χ1) is 18.2. The van der Waals surface area contributed by atoms with Crippen LogP contribution < -0.4 is 10.6 Å². The maximum absolute atomic E-state index is 13.8. The molecule has 2 atom stereocenters. The van der Waals surface area contributed by atoms with E-state index in [1.165, 1.54) is 11.3 Å². The second-order valence-electron chi connectivity index (χ2n) is 10.2. The molecule has 2 unspecified atom stereocenters. The Morgan fingerprint density at radius 3 is 2.55 bits per heavy atom. The summed E-state index contributed by atoms with van der Waals surface area (Å²) in [5.41, 5.74) is 4.63. The molecule has 8 nitrogen and oxygen atoms in total. The number of thiophene rings is 1. The molecule has 0 fully saturated rings. The minimum absolute atomic E-state index is 0.283. The van der Waals surface area contributed by atoms with Crippen molar-refractivity contribution in [1.29, 1.82) is 0 Å². The lowest BCUT2D eigenvalue weighted by Crippen LogP contribution is -2.50. The molecule has 4 N–H and O–H groups in total. The molecule has 4 heterocycles. The molecule has 38 heavy (non-hydrogen) atoms. The Hall–Kier alpha value is -4.37. The van der Waals surface area contributed by atoms with E-state index >= 15 is 0 Å². The lowest BCUT2D eigenvalue weighted by molar-refractivity contribution is -0.118. The Bertz CT molecular complexity index is 1570. The number of benzene rings is 1. The fraction of sp³-hybridized carbons (Fsp3) is 0.207. The summed E-state index contributed by atoms with van der Waals surface area (Å²) in [6.45, 7) is 5.76. The van der Waals surface area contributed by atoms with Crippen LogP contribution in [0.15, 0.2) is 83.1 Å². The molecule has 9 heteroatoms. The van der Waals surface area contributed by atoms with Crippen molar-refractivity contribution < 1.29 is 19.1 Å². The molecule has 2 amide bonds. The summed E-state index contributed by atoms with van der Waals surface area (Å²) in [5.74, 6) is -1.02. The average molecular weight is 529 g/mol. The number of pyridine rings is 1. The molecule has 0 bridgehead atoms. The Labute approximate surface area is 223 Å². The molecular formula is C29H28N4O4S. The molecule has 5 aromatic rings. The summed E-state index contributed by atoms with van der Waals surface area (Å²) >= 11 is 1.41. The largest absolute Gasteiger partial charge is 0.472 e. The van der Waals surface area contributed by atoms with Crippen molar-refractivity contribution in [2.75, 3.05) is 5.32 Å². The number of carboxylic acid groups (broad SMARTS) is 1. The molecule has 4 aromatic heterocycles. The van der Waals surface area contributed by atoms with Gasteiger partial charge in [-0.1, -0.05) is 51.1 Å². The van der Waals surface area contributed by atoms with Crippen LogP contribution in [0, 0.1) is 5.41 Å². The standard InChI is InChI=1S/C29H28N4O4S/c1-29(2,3)25(33-28(35)36)23(17-8-5-4-6-9-17)27(34)31-21-14-19(16-38-21)22-20-10-7-12-30-26(20)32-24(22)18-11-13-37-15-18/h4-16,23,25,33H,1-3H3,(H,30,32)(H,31,34)(H,35,36). The fourth-order valence-electron chi connectivity index (χ4n) is 4.77. The zero-order valence-electron chi connectivity index (χ0n) is 21.2. The van der Waals surface area contributed by atoms with Gasteiger partial charge in [0.05, 0.1) is 35.2 Å². The highest BCUT2D eigenvalue weighted by Crippen LogP contribution is 2.41. The van der Waals surface area contributed by atoms with Gasteiger partial charge in [-0.3, -0.25) is 4.79 Å². The molecule has 0 saturated heterocycles. The summed E-state index contributed by atoms with van der Waals surface area (Å²) < 4.78 is 5.32. The van der Waals surface area contributed by atoms with Crippen LogP contribution in [0.5, 0.6) is 0 Å². The number of aromatic amines is 1. The van der Waals surface area contributed by atoms with E-state index in [0.29, 0.717) is 5.00 Å². The van der Waals surface area contributed by atoms with E-state index in [0.717, 1.165) is 39.0 Å². The molecule has 0 aliphatic rings. The predicted octanol–water partition coefficient (Wildman–Crippen LogP) is 6.96. The molecule has 0 radical (unpaired) electrons. The summed E-state index contributed by atoms with van der Waals surface area (Å²) in [6.07, 6.45) is 3.87. The van der Waals surface area contributed by atoms with Crippen molar-refractivity contribution in [3.8, 4) is 22.4 Å². The van der Waals surface area contributed by atoms with Crippen LogP contribution in [0.2, 0.25) is 0 Å². The highest BCUT2D eigenvalue weighted by atomic mass is 32.1. The molecule has 1 aromatic carbocycles. The predicted molar refractivity (Wildman–Crippen MR) is 149 cm³/mol. The van der Waals surface area contributed by atoms with Gasteiger partial charge in [0, 0.05) is 28.1 Å². The number of rotatable bonds is 7. The zero-order valence-corrected chi connectivity index (χ0v) is 22.0. The van der Waals surface area contributed by atoms with Gasteiger partial charge in [-0.2, -0.15) is 0 Å². The van der Waals surface area contributed by atoms with Gasteiger partial charge in [0.15, 0.2) is 0 Å². The third-order valence-electron chi connectivity index (χ3n) is 6.50. The van der Waals surface area contributed by atoms with Gasteiger partial charge in [-0.25, -0.2) is 9.78 Å². The van der Waals surface area contributed by atoms with E-state index in [1.807, 2.05) is 80.7 Å². The number of hydrogen-bond acceptors (Lipinski definition) is 5. The highest BCUT2D eigenvalue weighted by Gasteiger charge is 2.39. The number of fused-ring (bicyclic) bond motifs is 1. The van der Waals surface area contributed by atoms with E-state index in [9.17, 15) is 14.7 Å². The number of anilines is 1. The Morgan fingerprint density at radius 2 is 1.87 bits per heavy atom. The summed E-state index contributed by atoms with van der Waals surface area (Å²) in [7, 11) is 0. The molecule has 5 rings (SSSR count). The van der Waals surface area contributed by atoms with Gasteiger partial charge in [-0.05, 0) is 40.8 Å². The van der Waals surface area contributed by atoms with Gasteiger partial charge < -0.3 is 25.1 Å². The molecular weight excluding hydrogens is 500 g/mol. The molecule has 0 aliphatic carbocycles. The second kappa shape index (κ2) is 10.2. The Kier molecular flexibility index (Phi) is 6.77. The number of nitrogens with zero attached hydrogens (tertiary/aromatic N) is 1. The number of carbonyl (C=O) groups excluding carboxylic acids is 1. The van der Waals surface area contributed by atoms with Crippen molar-refractivity contribution in [3.63, 3.8) is 0 Å². The first-order valence-corrected chi connectivity index (χ1v) is 13.0. The van der Waals surface area contributed by atoms with Crippen LogP contribution in [0.4, 0.5) is 9.80 Å². The Balaban J connectivity index is 1.51. The molecule has 0 aliphatic heterocycles. The fourth-order valence-corrected chi connectivity index (χ4v) is 5.56. The van der Waals surface area contributed by atoms with Crippen LogP contribution in [0.25, 0.3) is 33.4 Å². The van der Waals surface area contributed by atoms with E-state index in [2.05, 4.69) is 20.6 Å². The van der Waals surface area contributed by atoms with Gasteiger partial charge in [0.25, 0.3) is 0 Å². The molecule has 0 spiro atoms. The number of H-pyrrole nitrogens is 1. The SMILES string of the molecule is CC(C)(C)C(NC(=O)O)C(C(=O)Nc1cc(-c2c(-c3ccoc3)[nH]c3ncccc23)cs1)c1ccccc1. The van der Waals surface area contributed by atoms with Gasteiger partial charge in [0.2, 0.25) is 5.91 Å². The van der Waals surface area contributed by atoms with E-state index < -0.39 is 23.5 Å². The minimum Gasteiger partial charge on any atom is -0.472 e. The topological polar surface area (TPSA) is 120 Å². The van der Waals surface area contributed by atoms with Crippen LogP contribution in [0.1, 0.15) is 32.3 Å². The van der Waals surface area contributed by atoms with Crippen molar-refractivity contribution in [1.82, 2.24) is 15.3 Å². The van der Waals surface area contributed by atoms with Crippen LogP contribution in [0.3, 0.4) is 0 Å². The van der Waals surface area contributed by atoms with Crippen molar-refractivity contribution in [3.05, 3.63) is 84.3 Å². The van der Waals surface area contributed by atoms with Crippen LogP contribution in [-0.2, 0) is 4.79 Å². The summed E-state index contributed by atoms with van der Waals surface area (Å²) in [5, 5.41) is 18.8. The third kappa shape index (κ3) is 5.05. The number of aromatic nitrogens is 2. The maximum Gasteiger partial charge on any atom is 0.404 e. The van der Waals surface area contributed by atoms with E-state index in [4.69, 9.17) is 4.42 Å². The van der Waals surface area contributed by atoms with Crippen molar-refractivity contribution >= 4 is 39.4 Å². The molecule has 194 valence electrons. The van der Waals surface area contributed by atoms with E-state index in [1.54, 1.807) is 18.7 Å². The normalized spacial score (nSPS) is 13.2. The summed E-state index contributed by atoms with van der Waals surface area (Å²) in [4.78, 5) is 33.3. The maximum atomic E-state index is 13.8. The zero-order chi connectivity index (χ0) is 26.9. The number of hydrogen-bond donors (Lipinski definition) is 4. The monoisotopic (exact) mass is 528 g/mol. The first-order valence-electron chi connectivity index (χ1n) is 12.2. The van der Waals surface area contributed by atoms with Crippen molar-refractivity contribution in [2.24, 2.45) is 5.41 Å². The molecule has 0 saturated carbocycles. The number of carbonyl (C=O) groups is 2. The van der Waals surface area contributed by atoms with Crippen LogP contribution in [-0.4, -0.2) is 33.1 Å². The smallest absolute Gasteiger partial charge is 0.404 e. The van der Waals surface area contributed by atoms with Crippen molar-refractivity contribution in [2.45, 2.75) is 32.7 Å². The third-order valence-corrected chi connectivity index (χ3v) is 7.35. The van der Waals surface area contributed by atoms with Gasteiger partial charge in [-0.15, -0.1) is 11.3 Å². The average Bonchev–Trinajstić information content (AvgIpc) is 3.63. The van der Waals surface area contributed by atoms with Gasteiger partial charge >= 0.3 is 6.09 Å². The minimum atomic E-state index is -1.17.